The Morgan fingerprint density at radius 2 is 1.73 bits per heavy atom. The van der Waals surface area contributed by atoms with E-state index in [-0.39, 0.29) is 11.9 Å². The van der Waals surface area contributed by atoms with Crippen molar-refractivity contribution in [2.24, 2.45) is 5.92 Å². The van der Waals surface area contributed by atoms with Gasteiger partial charge in [-0.15, -0.1) is 0 Å². The van der Waals surface area contributed by atoms with Gasteiger partial charge in [0.1, 0.15) is 11.6 Å². The highest BCUT2D eigenvalue weighted by atomic mass is 16.6. The monoisotopic (exact) mass is 360 g/mol. The Labute approximate surface area is 156 Å². The van der Waals surface area contributed by atoms with Crippen molar-refractivity contribution in [2.45, 2.75) is 77.5 Å². The van der Waals surface area contributed by atoms with E-state index >= 15 is 0 Å². The molecule has 1 aliphatic rings. The van der Waals surface area contributed by atoms with Gasteiger partial charge in [0.25, 0.3) is 0 Å². The number of rotatable bonds is 5. The van der Waals surface area contributed by atoms with Crippen LogP contribution in [-0.4, -0.2) is 29.7 Å². The van der Waals surface area contributed by atoms with Crippen molar-refractivity contribution in [3.8, 4) is 0 Å². The molecule has 26 heavy (non-hydrogen) atoms. The van der Waals surface area contributed by atoms with Crippen LogP contribution in [0.3, 0.4) is 0 Å². The lowest BCUT2D eigenvalue weighted by molar-refractivity contribution is -0.124. The third kappa shape index (κ3) is 7.06. The Hall–Kier alpha value is -2.04. The van der Waals surface area contributed by atoms with Crippen molar-refractivity contribution < 1.29 is 14.3 Å². The van der Waals surface area contributed by atoms with Gasteiger partial charge >= 0.3 is 6.09 Å². The average molecular weight is 360 g/mol. The van der Waals surface area contributed by atoms with Crippen LogP contribution >= 0.6 is 0 Å². The Morgan fingerprint density at radius 3 is 2.31 bits per heavy atom. The van der Waals surface area contributed by atoms with Crippen LogP contribution < -0.4 is 10.6 Å². The van der Waals surface area contributed by atoms with E-state index < -0.39 is 17.7 Å². The predicted molar refractivity (Wildman–Crippen MR) is 103 cm³/mol. The van der Waals surface area contributed by atoms with E-state index in [2.05, 4.69) is 17.6 Å². The van der Waals surface area contributed by atoms with Gasteiger partial charge in [-0.1, -0.05) is 37.3 Å². The number of hydrogen-bond acceptors (Lipinski definition) is 3. The Bertz CT molecular complexity index is 587. The molecule has 2 amide bonds. The molecular weight excluding hydrogens is 328 g/mol. The van der Waals surface area contributed by atoms with Crippen molar-refractivity contribution in [3.05, 3.63) is 35.9 Å². The van der Waals surface area contributed by atoms with E-state index in [1.54, 1.807) is 0 Å². The van der Waals surface area contributed by atoms with Gasteiger partial charge in [-0.25, -0.2) is 4.79 Å². The topological polar surface area (TPSA) is 67.4 Å². The Morgan fingerprint density at radius 1 is 1.12 bits per heavy atom. The highest BCUT2D eigenvalue weighted by Crippen LogP contribution is 2.23. The number of benzene rings is 1. The molecule has 0 aromatic heterocycles. The number of hydrogen-bond donors (Lipinski definition) is 2. The molecule has 1 aromatic rings. The summed E-state index contributed by atoms with van der Waals surface area (Å²) < 4.78 is 5.33. The number of ether oxygens (including phenoxy) is 1. The maximum Gasteiger partial charge on any atom is 0.408 e. The number of alkyl carbamates (subject to hydrolysis) is 1. The standard InChI is InChI=1S/C21H32N2O3/c1-15-10-12-17(13-11-15)22-19(24)18(14-16-8-6-5-7-9-16)23-20(25)26-21(2,3)4/h5-9,15,17-18H,10-14H2,1-4H3,(H,22,24)(H,23,25)/t15?,17?,18-/m0/s1. The zero-order chi connectivity index (χ0) is 19.2. The summed E-state index contributed by atoms with van der Waals surface area (Å²) in [6, 6.07) is 9.26. The normalized spacial score (nSPS) is 21.5. The minimum Gasteiger partial charge on any atom is -0.444 e. The van der Waals surface area contributed by atoms with Gasteiger partial charge in [-0.3, -0.25) is 4.79 Å². The summed E-state index contributed by atoms with van der Waals surface area (Å²) in [6.45, 7) is 7.67. The van der Waals surface area contributed by atoms with Crippen LogP contribution in [0, 0.1) is 5.92 Å². The quantitative estimate of drug-likeness (QED) is 0.839. The van der Waals surface area contributed by atoms with Gasteiger partial charge in [-0.05, 0) is 57.9 Å². The molecule has 1 aliphatic carbocycles. The SMILES string of the molecule is CC1CCC(NC(=O)[C@H](Cc2ccccc2)NC(=O)OC(C)(C)C)CC1. The molecule has 0 radical (unpaired) electrons. The fraction of sp³-hybridized carbons (Fsp3) is 0.619. The van der Waals surface area contributed by atoms with Crippen LogP contribution in [0.2, 0.25) is 0 Å². The van der Waals surface area contributed by atoms with Gasteiger partial charge in [0.15, 0.2) is 0 Å². The molecule has 2 N–H and O–H groups in total. The van der Waals surface area contributed by atoms with Crippen molar-refractivity contribution in [1.29, 1.82) is 0 Å². The van der Waals surface area contributed by atoms with E-state index in [0.717, 1.165) is 37.2 Å². The molecule has 0 heterocycles. The molecule has 5 heteroatoms. The second kappa shape index (κ2) is 9.06. The van der Waals surface area contributed by atoms with E-state index in [0.29, 0.717) is 6.42 Å². The van der Waals surface area contributed by atoms with Gasteiger partial charge in [0.2, 0.25) is 5.91 Å². The molecule has 1 saturated carbocycles. The predicted octanol–water partition coefficient (Wildman–Crippen LogP) is 3.82. The molecule has 0 unspecified atom stereocenters. The first kappa shape index (κ1) is 20.3. The minimum atomic E-state index is -0.647. The molecule has 1 aromatic carbocycles. The maximum absolute atomic E-state index is 12.8. The first-order valence-electron chi connectivity index (χ1n) is 9.57. The van der Waals surface area contributed by atoms with Crippen molar-refractivity contribution in [1.82, 2.24) is 10.6 Å². The van der Waals surface area contributed by atoms with Crippen molar-refractivity contribution in [2.75, 3.05) is 0 Å². The molecule has 1 atom stereocenters. The third-order valence-electron chi connectivity index (χ3n) is 4.65. The summed E-state index contributed by atoms with van der Waals surface area (Å²) in [5, 5.41) is 5.87. The summed E-state index contributed by atoms with van der Waals surface area (Å²) in [5.74, 6) is 0.586. The lowest BCUT2D eigenvalue weighted by Crippen LogP contribution is -2.52. The molecule has 1 fully saturated rings. The lowest BCUT2D eigenvalue weighted by atomic mass is 9.87. The molecule has 5 nitrogen and oxygen atoms in total. The zero-order valence-corrected chi connectivity index (χ0v) is 16.4. The molecule has 0 spiro atoms. The molecule has 2 rings (SSSR count). The van der Waals surface area contributed by atoms with Crippen LogP contribution in [0.15, 0.2) is 30.3 Å². The van der Waals surface area contributed by atoms with Gasteiger partial charge in [0.05, 0.1) is 0 Å². The third-order valence-corrected chi connectivity index (χ3v) is 4.65. The molecule has 0 saturated heterocycles. The van der Waals surface area contributed by atoms with Crippen LogP contribution in [0.4, 0.5) is 4.79 Å². The van der Waals surface area contributed by atoms with Crippen molar-refractivity contribution in [3.63, 3.8) is 0 Å². The van der Waals surface area contributed by atoms with Crippen molar-refractivity contribution >= 4 is 12.0 Å². The van der Waals surface area contributed by atoms with Gasteiger partial charge < -0.3 is 15.4 Å². The number of amides is 2. The number of nitrogens with one attached hydrogen (secondary N) is 2. The Kier molecular flexibility index (Phi) is 7.06. The van der Waals surface area contributed by atoms with E-state index in [1.807, 2.05) is 51.1 Å². The minimum absolute atomic E-state index is 0.140. The second-order valence-electron chi connectivity index (χ2n) is 8.35. The summed E-state index contributed by atoms with van der Waals surface area (Å²) in [5.41, 5.74) is 0.401. The second-order valence-corrected chi connectivity index (χ2v) is 8.35. The number of carbonyl (C=O) groups excluding carboxylic acids is 2. The highest BCUT2D eigenvalue weighted by molar-refractivity contribution is 5.86. The first-order valence-corrected chi connectivity index (χ1v) is 9.57. The average Bonchev–Trinajstić information content (AvgIpc) is 2.55. The van der Waals surface area contributed by atoms with E-state index in [1.165, 1.54) is 0 Å². The number of carbonyl (C=O) groups is 2. The highest BCUT2D eigenvalue weighted by Gasteiger charge is 2.27. The van der Waals surface area contributed by atoms with Crippen LogP contribution in [0.25, 0.3) is 0 Å². The summed E-state index contributed by atoms with van der Waals surface area (Å²) >= 11 is 0. The van der Waals surface area contributed by atoms with E-state index in [9.17, 15) is 9.59 Å². The summed E-state index contributed by atoms with van der Waals surface area (Å²) in [7, 11) is 0. The lowest BCUT2D eigenvalue weighted by Gasteiger charge is -2.29. The molecule has 144 valence electrons. The van der Waals surface area contributed by atoms with E-state index in [4.69, 9.17) is 4.74 Å². The van der Waals surface area contributed by atoms with Crippen LogP contribution in [-0.2, 0) is 16.0 Å². The molecular formula is C21H32N2O3. The van der Waals surface area contributed by atoms with Gasteiger partial charge in [0, 0.05) is 12.5 Å². The molecule has 0 aliphatic heterocycles. The van der Waals surface area contributed by atoms with Crippen LogP contribution in [0.1, 0.15) is 58.9 Å². The first-order chi connectivity index (χ1) is 12.2. The maximum atomic E-state index is 12.8. The molecule has 0 bridgehead atoms. The Balaban J connectivity index is 2.01. The summed E-state index contributed by atoms with van der Waals surface area (Å²) in [4.78, 5) is 25.0. The fourth-order valence-electron chi connectivity index (χ4n) is 3.22. The van der Waals surface area contributed by atoms with Gasteiger partial charge in [-0.2, -0.15) is 0 Å². The smallest absolute Gasteiger partial charge is 0.408 e. The van der Waals surface area contributed by atoms with Crippen LogP contribution in [0.5, 0.6) is 0 Å². The summed E-state index contributed by atoms with van der Waals surface area (Å²) in [6.07, 6.45) is 4.14. The fourth-order valence-corrected chi connectivity index (χ4v) is 3.22. The zero-order valence-electron chi connectivity index (χ0n) is 16.4. The largest absolute Gasteiger partial charge is 0.444 e.